The van der Waals surface area contributed by atoms with E-state index in [4.69, 9.17) is 33.5 Å². The van der Waals surface area contributed by atoms with E-state index in [0.717, 1.165) is 35.7 Å². The lowest BCUT2D eigenvalue weighted by atomic mass is 10.1. The highest BCUT2D eigenvalue weighted by molar-refractivity contribution is 6.00. The van der Waals surface area contributed by atoms with Gasteiger partial charge in [0.25, 0.3) is 0 Å². The van der Waals surface area contributed by atoms with Gasteiger partial charge in [0.2, 0.25) is 0 Å². The van der Waals surface area contributed by atoms with Crippen LogP contribution in [-0.2, 0) is 20.8 Å². The number of carbonyl (C=O) groups is 1. The van der Waals surface area contributed by atoms with Crippen molar-refractivity contribution in [3.8, 4) is 17.2 Å². The SMILES string of the molecule is COCOc1cc(Nc2cc(C3CC3)nn2Cc2ccc(OC)cc2)c(C(=O)OC)c(OCOC)c1. The van der Waals surface area contributed by atoms with E-state index in [1.54, 1.807) is 19.2 Å². The summed E-state index contributed by atoms with van der Waals surface area (Å²) in [7, 11) is 5.99. The fraction of sp³-hybridized carbons (Fsp3) is 0.385. The molecule has 10 nitrogen and oxygen atoms in total. The number of nitrogens with one attached hydrogen (secondary N) is 1. The summed E-state index contributed by atoms with van der Waals surface area (Å²) in [5.41, 5.74) is 2.72. The zero-order valence-corrected chi connectivity index (χ0v) is 20.9. The molecule has 0 saturated heterocycles. The van der Waals surface area contributed by atoms with Crippen molar-refractivity contribution in [2.45, 2.75) is 25.3 Å². The number of esters is 1. The van der Waals surface area contributed by atoms with Crippen LogP contribution in [0.2, 0.25) is 0 Å². The van der Waals surface area contributed by atoms with E-state index < -0.39 is 5.97 Å². The first-order valence-corrected chi connectivity index (χ1v) is 11.5. The molecule has 0 bridgehead atoms. The predicted octanol–water partition coefficient (Wildman–Crippen LogP) is 4.31. The molecule has 1 N–H and O–H groups in total. The number of methoxy groups -OCH3 is 4. The number of anilines is 2. The highest BCUT2D eigenvalue weighted by Crippen LogP contribution is 2.41. The molecule has 1 heterocycles. The van der Waals surface area contributed by atoms with Gasteiger partial charge in [0, 0.05) is 38.3 Å². The van der Waals surface area contributed by atoms with E-state index in [0.29, 0.717) is 23.9 Å². The second-order valence-corrected chi connectivity index (χ2v) is 8.30. The van der Waals surface area contributed by atoms with Crippen LogP contribution in [0.15, 0.2) is 42.5 Å². The Morgan fingerprint density at radius 3 is 2.33 bits per heavy atom. The minimum atomic E-state index is -0.564. The van der Waals surface area contributed by atoms with Crippen molar-refractivity contribution < 1.29 is 33.2 Å². The highest BCUT2D eigenvalue weighted by Gasteiger charge is 2.28. The molecule has 0 amide bonds. The molecule has 1 aliphatic carbocycles. The molecule has 1 saturated carbocycles. The molecule has 2 aromatic carbocycles. The molecule has 1 fully saturated rings. The minimum absolute atomic E-state index is 0.0297. The van der Waals surface area contributed by atoms with Gasteiger partial charge in [-0.25, -0.2) is 9.48 Å². The molecule has 0 aliphatic heterocycles. The van der Waals surface area contributed by atoms with Gasteiger partial charge in [-0.2, -0.15) is 5.10 Å². The topological polar surface area (TPSA) is 102 Å². The summed E-state index contributed by atoms with van der Waals surface area (Å²) in [5, 5.41) is 8.22. The molecular weight excluding hydrogens is 466 g/mol. The fourth-order valence-corrected chi connectivity index (χ4v) is 3.73. The van der Waals surface area contributed by atoms with Crippen LogP contribution in [0.5, 0.6) is 17.2 Å². The van der Waals surface area contributed by atoms with Gasteiger partial charge >= 0.3 is 5.97 Å². The Labute approximate surface area is 210 Å². The molecule has 0 radical (unpaired) electrons. The van der Waals surface area contributed by atoms with Crippen LogP contribution >= 0.6 is 0 Å². The Morgan fingerprint density at radius 1 is 0.972 bits per heavy atom. The van der Waals surface area contributed by atoms with E-state index in [1.165, 1.54) is 21.3 Å². The first-order chi connectivity index (χ1) is 17.6. The van der Waals surface area contributed by atoms with Gasteiger partial charge in [0.05, 0.1) is 32.1 Å². The quantitative estimate of drug-likeness (QED) is 0.273. The maximum absolute atomic E-state index is 12.8. The molecular formula is C26H31N3O7. The Balaban J connectivity index is 1.73. The standard InChI is InChI=1S/C26H31N3O7/c1-31-15-35-20-11-22(25(26(30)34-4)23(12-20)36-16-32-2)27-24-13-21(18-7-8-18)28-29(24)14-17-5-9-19(33-3)10-6-17/h5-6,9-13,18,27H,7-8,14-16H2,1-4H3. The number of carbonyl (C=O) groups excluding carboxylic acids is 1. The van der Waals surface area contributed by atoms with E-state index in [2.05, 4.69) is 5.32 Å². The van der Waals surface area contributed by atoms with Crippen LogP contribution in [0.25, 0.3) is 0 Å². The lowest BCUT2D eigenvalue weighted by molar-refractivity contribution is 0.0436. The number of hydrogen-bond acceptors (Lipinski definition) is 9. The average Bonchev–Trinajstić information content (AvgIpc) is 3.68. The summed E-state index contributed by atoms with van der Waals surface area (Å²) >= 11 is 0. The van der Waals surface area contributed by atoms with E-state index in [9.17, 15) is 4.79 Å². The molecule has 0 unspecified atom stereocenters. The maximum Gasteiger partial charge on any atom is 0.343 e. The summed E-state index contributed by atoms with van der Waals surface area (Å²) in [6.07, 6.45) is 2.23. The van der Waals surface area contributed by atoms with Crippen molar-refractivity contribution in [2.75, 3.05) is 47.3 Å². The van der Waals surface area contributed by atoms with E-state index >= 15 is 0 Å². The van der Waals surface area contributed by atoms with Gasteiger partial charge in [-0.1, -0.05) is 12.1 Å². The third-order valence-corrected chi connectivity index (χ3v) is 5.69. The van der Waals surface area contributed by atoms with Crippen LogP contribution in [-0.4, -0.2) is 57.8 Å². The average molecular weight is 498 g/mol. The van der Waals surface area contributed by atoms with Crippen molar-refractivity contribution >= 4 is 17.5 Å². The van der Waals surface area contributed by atoms with Crippen molar-refractivity contribution in [1.82, 2.24) is 9.78 Å². The molecule has 10 heteroatoms. The third-order valence-electron chi connectivity index (χ3n) is 5.69. The molecule has 1 aliphatic rings. The monoisotopic (exact) mass is 497 g/mol. The van der Waals surface area contributed by atoms with Gasteiger partial charge < -0.3 is 33.7 Å². The number of hydrogen-bond donors (Lipinski definition) is 1. The number of ether oxygens (including phenoxy) is 6. The van der Waals surface area contributed by atoms with Gasteiger partial charge in [-0.05, 0) is 30.5 Å². The van der Waals surface area contributed by atoms with Crippen molar-refractivity contribution in [2.24, 2.45) is 0 Å². The molecule has 4 rings (SSSR count). The van der Waals surface area contributed by atoms with E-state index in [1.807, 2.05) is 35.0 Å². The van der Waals surface area contributed by atoms with Crippen molar-refractivity contribution in [3.63, 3.8) is 0 Å². The summed E-state index contributed by atoms with van der Waals surface area (Å²) in [6.45, 7) is 0.500. The van der Waals surface area contributed by atoms with E-state index in [-0.39, 0.29) is 24.9 Å². The zero-order valence-electron chi connectivity index (χ0n) is 20.9. The Bertz CT molecular complexity index is 1170. The third kappa shape index (κ3) is 6.07. The van der Waals surface area contributed by atoms with Crippen LogP contribution in [0, 0.1) is 0 Å². The van der Waals surface area contributed by atoms with Gasteiger partial charge in [0.1, 0.15) is 28.6 Å². The first kappa shape index (κ1) is 25.3. The molecule has 3 aromatic rings. The van der Waals surface area contributed by atoms with Gasteiger partial charge in [0.15, 0.2) is 13.6 Å². The van der Waals surface area contributed by atoms with Gasteiger partial charge in [-0.15, -0.1) is 0 Å². The molecule has 0 spiro atoms. The molecule has 0 atom stereocenters. The zero-order chi connectivity index (χ0) is 25.5. The van der Waals surface area contributed by atoms with Gasteiger partial charge in [-0.3, -0.25) is 0 Å². The summed E-state index contributed by atoms with van der Waals surface area (Å²) in [4.78, 5) is 12.8. The maximum atomic E-state index is 12.8. The van der Waals surface area contributed by atoms with Crippen LogP contribution in [0.4, 0.5) is 11.5 Å². The fourth-order valence-electron chi connectivity index (χ4n) is 3.73. The number of aromatic nitrogens is 2. The van der Waals surface area contributed by atoms with Crippen LogP contribution in [0.3, 0.4) is 0 Å². The first-order valence-electron chi connectivity index (χ1n) is 11.5. The molecule has 36 heavy (non-hydrogen) atoms. The Hall–Kier alpha value is -3.76. The lowest BCUT2D eigenvalue weighted by Gasteiger charge is -2.18. The molecule has 1 aromatic heterocycles. The highest BCUT2D eigenvalue weighted by atomic mass is 16.7. The summed E-state index contributed by atoms with van der Waals surface area (Å²) in [5.74, 6) is 2.09. The number of benzene rings is 2. The van der Waals surface area contributed by atoms with Crippen molar-refractivity contribution in [3.05, 3.63) is 59.3 Å². The Morgan fingerprint density at radius 2 is 1.69 bits per heavy atom. The lowest BCUT2D eigenvalue weighted by Crippen LogP contribution is -2.13. The summed E-state index contributed by atoms with van der Waals surface area (Å²) < 4.78 is 33.6. The normalized spacial score (nSPS) is 12.8. The largest absolute Gasteiger partial charge is 0.497 e. The van der Waals surface area contributed by atoms with Crippen molar-refractivity contribution in [1.29, 1.82) is 0 Å². The smallest absolute Gasteiger partial charge is 0.343 e. The second-order valence-electron chi connectivity index (χ2n) is 8.30. The summed E-state index contributed by atoms with van der Waals surface area (Å²) in [6, 6.07) is 13.1. The minimum Gasteiger partial charge on any atom is -0.497 e. The number of rotatable bonds is 13. The van der Waals surface area contributed by atoms with Crippen LogP contribution < -0.4 is 19.5 Å². The molecule has 192 valence electrons. The Kier molecular flexibility index (Phi) is 8.29. The second kappa shape index (κ2) is 11.8. The predicted molar refractivity (Wildman–Crippen MR) is 132 cm³/mol. The van der Waals surface area contributed by atoms with Crippen LogP contribution in [0.1, 0.15) is 40.4 Å². The number of nitrogens with zero attached hydrogens (tertiary/aromatic N) is 2.